The summed E-state index contributed by atoms with van der Waals surface area (Å²) in [6, 6.07) is 2.87. The Balaban J connectivity index is 1.84. The average molecular weight is 391 g/mol. The van der Waals surface area contributed by atoms with Crippen molar-refractivity contribution in [1.82, 2.24) is 21.3 Å². The predicted molar refractivity (Wildman–Crippen MR) is 98.1 cm³/mol. The summed E-state index contributed by atoms with van der Waals surface area (Å²) in [6.45, 7) is 2.72. The highest BCUT2D eigenvalue weighted by Crippen LogP contribution is 2.30. The Hall–Kier alpha value is -1.70. The van der Waals surface area contributed by atoms with Gasteiger partial charge in [-0.2, -0.15) is 0 Å². The molecule has 1 aromatic carbocycles. The maximum absolute atomic E-state index is 13.9. The van der Waals surface area contributed by atoms with Crippen LogP contribution in [0.2, 0.25) is 5.02 Å². The number of nitrogens with zero attached hydrogens (tertiary/aromatic N) is 1. The smallest absolute Gasteiger partial charge is 0.186 e. The molecule has 0 saturated heterocycles. The second kappa shape index (κ2) is 8.96. The molecule has 0 fully saturated rings. The first-order valence-corrected chi connectivity index (χ1v) is 8.41. The van der Waals surface area contributed by atoms with Crippen LogP contribution in [0.3, 0.4) is 0 Å². The summed E-state index contributed by atoms with van der Waals surface area (Å²) in [6.07, 6.45) is 5.34. The molecule has 2 rings (SSSR count). The number of hydrogen-bond acceptors (Lipinski definition) is 4. The molecule has 0 unspecified atom stereocenters. The van der Waals surface area contributed by atoms with Crippen molar-refractivity contribution < 1.29 is 9.13 Å². The fourth-order valence-corrected chi connectivity index (χ4v) is 2.57. The Kier molecular flexibility index (Phi) is 6.96. The van der Waals surface area contributed by atoms with Crippen molar-refractivity contribution in [3.63, 3.8) is 0 Å². The summed E-state index contributed by atoms with van der Waals surface area (Å²) in [5.74, 6) is 0.104. The van der Waals surface area contributed by atoms with Gasteiger partial charge >= 0.3 is 0 Å². The van der Waals surface area contributed by atoms with Crippen molar-refractivity contribution in [1.29, 1.82) is 0 Å². The molecule has 0 spiro atoms. The molecule has 0 saturated carbocycles. The zero-order chi connectivity index (χ0) is 17.5. The number of ether oxygens (including phenoxy) is 1. The summed E-state index contributed by atoms with van der Waals surface area (Å²) >= 11 is 17.1. The van der Waals surface area contributed by atoms with E-state index in [0.29, 0.717) is 41.0 Å². The molecule has 0 bridgehead atoms. The molecule has 1 heterocycles. The van der Waals surface area contributed by atoms with Crippen LogP contribution in [0.15, 0.2) is 35.6 Å². The number of halogens is 3. The number of nitrogens with one attached hydrogen (secondary N) is 3. The molecule has 0 radical (unpaired) electrons. The van der Waals surface area contributed by atoms with Crippen LogP contribution in [0.5, 0.6) is 5.75 Å². The van der Waals surface area contributed by atoms with Crippen molar-refractivity contribution in [2.24, 2.45) is 0 Å². The van der Waals surface area contributed by atoms with Gasteiger partial charge in [-0.25, -0.2) is 9.51 Å². The van der Waals surface area contributed by atoms with E-state index in [9.17, 15) is 4.39 Å². The molecule has 1 aliphatic heterocycles. The second-order valence-electron chi connectivity index (χ2n) is 4.73. The van der Waals surface area contributed by atoms with Gasteiger partial charge in [0.15, 0.2) is 5.11 Å². The highest BCUT2D eigenvalue weighted by molar-refractivity contribution is 7.80. The normalized spacial score (nSPS) is 13.2. The zero-order valence-electron chi connectivity index (χ0n) is 12.9. The molecule has 130 valence electrons. The van der Waals surface area contributed by atoms with Crippen LogP contribution < -0.4 is 20.9 Å². The highest BCUT2D eigenvalue weighted by atomic mass is 35.5. The van der Waals surface area contributed by atoms with Gasteiger partial charge in [0.25, 0.3) is 0 Å². The summed E-state index contributed by atoms with van der Waals surface area (Å²) in [7, 11) is 0. The van der Waals surface area contributed by atoms with Crippen LogP contribution in [0.1, 0.15) is 12.5 Å². The molecule has 0 atom stereocenters. The van der Waals surface area contributed by atoms with E-state index in [-0.39, 0.29) is 10.8 Å². The second-order valence-corrected chi connectivity index (χ2v) is 5.96. The van der Waals surface area contributed by atoms with Gasteiger partial charge < -0.3 is 10.1 Å². The minimum absolute atomic E-state index is 0.290. The van der Waals surface area contributed by atoms with Crippen LogP contribution in [-0.4, -0.2) is 23.4 Å². The Labute approximate surface area is 155 Å². The molecule has 0 amide bonds. The fraction of sp³-hybridized carbons (Fsp3) is 0.267. The van der Waals surface area contributed by atoms with Crippen molar-refractivity contribution in [3.8, 4) is 5.75 Å². The maximum Gasteiger partial charge on any atom is 0.186 e. The van der Waals surface area contributed by atoms with E-state index in [2.05, 4.69) is 16.2 Å². The molecular formula is C15H17Cl2FN4OS. The van der Waals surface area contributed by atoms with Crippen molar-refractivity contribution in [2.45, 2.75) is 13.3 Å². The lowest BCUT2D eigenvalue weighted by atomic mass is 10.1. The lowest BCUT2D eigenvalue weighted by Crippen LogP contribution is -2.50. The first kappa shape index (κ1) is 18.6. The third-order valence-electron chi connectivity index (χ3n) is 3.06. The van der Waals surface area contributed by atoms with Crippen LogP contribution in [-0.2, 0) is 6.42 Å². The van der Waals surface area contributed by atoms with Crippen LogP contribution in [0.25, 0.3) is 0 Å². The average Bonchev–Trinajstić information content (AvgIpc) is 2.55. The Morgan fingerprint density at radius 2 is 2.21 bits per heavy atom. The molecule has 3 N–H and O–H groups in total. The first-order chi connectivity index (χ1) is 11.5. The Morgan fingerprint density at radius 3 is 2.88 bits per heavy atom. The predicted octanol–water partition coefficient (Wildman–Crippen LogP) is 3.21. The van der Waals surface area contributed by atoms with Crippen molar-refractivity contribution in [2.75, 3.05) is 13.2 Å². The van der Waals surface area contributed by atoms with Crippen LogP contribution in [0, 0.1) is 5.82 Å². The van der Waals surface area contributed by atoms with E-state index in [4.69, 9.17) is 40.2 Å². The van der Waals surface area contributed by atoms with E-state index in [1.807, 2.05) is 6.92 Å². The van der Waals surface area contributed by atoms with Gasteiger partial charge in [-0.15, -0.1) is 0 Å². The van der Waals surface area contributed by atoms with Crippen LogP contribution in [0.4, 0.5) is 4.39 Å². The van der Waals surface area contributed by atoms with Gasteiger partial charge in [-0.3, -0.25) is 10.9 Å². The Bertz CT molecular complexity index is 669. The third-order valence-corrected chi connectivity index (χ3v) is 3.94. The number of rotatable bonds is 6. The van der Waals surface area contributed by atoms with E-state index in [0.717, 1.165) is 0 Å². The van der Waals surface area contributed by atoms with E-state index in [1.54, 1.807) is 18.5 Å². The van der Waals surface area contributed by atoms with Gasteiger partial charge in [-0.1, -0.05) is 23.2 Å². The van der Waals surface area contributed by atoms with Gasteiger partial charge in [0.2, 0.25) is 0 Å². The third kappa shape index (κ3) is 5.15. The number of hydrazine groups is 2. The lowest BCUT2D eigenvalue weighted by molar-refractivity contribution is 0.268. The van der Waals surface area contributed by atoms with Gasteiger partial charge in [0, 0.05) is 24.5 Å². The highest BCUT2D eigenvalue weighted by Gasteiger charge is 2.13. The quantitative estimate of drug-likeness (QED) is 0.648. The van der Waals surface area contributed by atoms with E-state index in [1.165, 1.54) is 17.3 Å². The standard InChI is InChI=1S/C15H17Cl2FN4OS/c1-2-23-13-4-3-12(18)11(14(13)17)5-7-19-15(24)21-22-8-6-10(16)9-20-22/h3-4,6,8-9,20H,2,5,7H2,1H3,(H2,19,21,24). The van der Waals surface area contributed by atoms with Gasteiger partial charge in [0.1, 0.15) is 11.6 Å². The summed E-state index contributed by atoms with van der Waals surface area (Å²) in [4.78, 5) is 0. The molecule has 9 heteroatoms. The lowest BCUT2D eigenvalue weighted by Gasteiger charge is -2.24. The number of thiocarbonyl (C=S) groups is 1. The minimum Gasteiger partial charge on any atom is -0.492 e. The summed E-state index contributed by atoms with van der Waals surface area (Å²) in [5.41, 5.74) is 6.14. The minimum atomic E-state index is -0.371. The van der Waals surface area contributed by atoms with Crippen molar-refractivity contribution in [3.05, 3.63) is 52.0 Å². The molecular weight excluding hydrogens is 374 g/mol. The van der Waals surface area contributed by atoms with Gasteiger partial charge in [-0.05, 0) is 43.8 Å². The van der Waals surface area contributed by atoms with Crippen molar-refractivity contribution >= 4 is 40.5 Å². The molecule has 5 nitrogen and oxygen atoms in total. The summed E-state index contributed by atoms with van der Waals surface area (Å²) in [5, 5.41) is 5.75. The molecule has 0 aromatic heterocycles. The molecule has 1 aliphatic rings. The van der Waals surface area contributed by atoms with Gasteiger partial charge in [0.05, 0.1) is 16.7 Å². The van der Waals surface area contributed by atoms with E-state index >= 15 is 0 Å². The molecule has 1 aromatic rings. The first-order valence-electron chi connectivity index (χ1n) is 7.24. The number of benzene rings is 1. The summed E-state index contributed by atoms with van der Waals surface area (Å²) < 4.78 is 19.3. The zero-order valence-corrected chi connectivity index (χ0v) is 15.2. The molecule has 0 aliphatic carbocycles. The number of hydrogen-bond donors (Lipinski definition) is 3. The van der Waals surface area contributed by atoms with E-state index < -0.39 is 0 Å². The maximum atomic E-state index is 13.9. The monoisotopic (exact) mass is 390 g/mol. The SMILES string of the molecule is CCOc1ccc(F)c(CCNC(=S)NN2C=CC(Cl)=CN2)c1Cl. The Morgan fingerprint density at radius 1 is 1.42 bits per heavy atom. The number of allylic oxidation sites excluding steroid dienone is 2. The largest absolute Gasteiger partial charge is 0.492 e. The fourth-order valence-electron chi connectivity index (χ4n) is 1.96. The topological polar surface area (TPSA) is 48.6 Å². The van der Waals surface area contributed by atoms with Crippen LogP contribution >= 0.6 is 35.4 Å². The molecule has 24 heavy (non-hydrogen) atoms.